The lowest BCUT2D eigenvalue weighted by Crippen LogP contribution is -2.12. The molecular formula is C12H27NO. The van der Waals surface area contributed by atoms with Crippen LogP contribution in [-0.4, -0.2) is 37.3 Å². The van der Waals surface area contributed by atoms with Gasteiger partial charge in [-0.05, 0) is 39.4 Å². The van der Waals surface area contributed by atoms with Crippen LogP contribution in [0.25, 0.3) is 0 Å². The zero-order valence-corrected chi connectivity index (χ0v) is 10.1. The molecule has 0 spiro atoms. The molecule has 0 aromatic carbocycles. The molecule has 1 atom stereocenters. The Hall–Kier alpha value is -0.0800. The molecule has 0 amide bonds. The number of hydrogen-bond acceptors (Lipinski definition) is 2. The Labute approximate surface area is 89.3 Å². The Bertz CT molecular complexity index is 115. The number of aliphatic hydroxyl groups is 1. The van der Waals surface area contributed by atoms with Crippen LogP contribution in [0.3, 0.4) is 0 Å². The van der Waals surface area contributed by atoms with Gasteiger partial charge in [0.05, 0.1) is 0 Å². The first-order chi connectivity index (χ1) is 6.70. The van der Waals surface area contributed by atoms with Gasteiger partial charge in [-0.3, -0.25) is 0 Å². The molecule has 2 nitrogen and oxygen atoms in total. The third-order valence-corrected chi connectivity index (χ3v) is 2.83. The first kappa shape index (κ1) is 13.9. The summed E-state index contributed by atoms with van der Waals surface area (Å²) in [5.74, 6) is 0.749. The molecule has 0 saturated heterocycles. The minimum atomic E-state index is 0.357. The highest BCUT2D eigenvalue weighted by Gasteiger charge is 2.04. The van der Waals surface area contributed by atoms with Crippen LogP contribution in [0, 0.1) is 5.92 Å². The molecule has 1 N–H and O–H groups in total. The maximum absolute atomic E-state index is 8.84. The minimum absolute atomic E-state index is 0.357. The van der Waals surface area contributed by atoms with Gasteiger partial charge in [0.15, 0.2) is 0 Å². The second-order valence-corrected chi connectivity index (χ2v) is 4.44. The van der Waals surface area contributed by atoms with Crippen molar-refractivity contribution in [2.45, 2.75) is 45.4 Å². The van der Waals surface area contributed by atoms with E-state index < -0.39 is 0 Å². The van der Waals surface area contributed by atoms with Crippen molar-refractivity contribution in [3.63, 3.8) is 0 Å². The number of rotatable bonds is 9. The van der Waals surface area contributed by atoms with Crippen LogP contribution in [0.4, 0.5) is 0 Å². The average molecular weight is 201 g/mol. The van der Waals surface area contributed by atoms with E-state index in [0.717, 1.165) is 12.3 Å². The Kier molecular flexibility index (Phi) is 9.42. The lowest BCUT2D eigenvalue weighted by Gasteiger charge is -2.13. The van der Waals surface area contributed by atoms with Crippen LogP contribution in [0.5, 0.6) is 0 Å². The van der Waals surface area contributed by atoms with Gasteiger partial charge < -0.3 is 10.0 Å². The topological polar surface area (TPSA) is 23.5 Å². The van der Waals surface area contributed by atoms with Gasteiger partial charge in [0.25, 0.3) is 0 Å². The van der Waals surface area contributed by atoms with E-state index in [-0.39, 0.29) is 0 Å². The molecule has 0 heterocycles. The molecule has 0 radical (unpaired) electrons. The molecule has 0 bridgehead atoms. The smallest absolute Gasteiger partial charge is 0.0433 e. The molecule has 0 aliphatic rings. The molecule has 0 aromatic heterocycles. The maximum Gasteiger partial charge on any atom is 0.0433 e. The van der Waals surface area contributed by atoms with E-state index in [2.05, 4.69) is 25.9 Å². The first-order valence-electron chi connectivity index (χ1n) is 5.96. The fourth-order valence-electron chi connectivity index (χ4n) is 1.77. The molecule has 0 fully saturated rings. The largest absolute Gasteiger partial charge is 0.396 e. The summed E-state index contributed by atoms with van der Waals surface area (Å²) in [6.45, 7) is 3.78. The van der Waals surface area contributed by atoms with Crippen LogP contribution < -0.4 is 0 Å². The molecule has 86 valence electrons. The summed E-state index contributed by atoms with van der Waals surface area (Å²) in [6, 6.07) is 0. The van der Waals surface area contributed by atoms with E-state index in [1.165, 1.54) is 38.6 Å². The lowest BCUT2D eigenvalue weighted by atomic mass is 9.96. The summed E-state index contributed by atoms with van der Waals surface area (Å²) in [5, 5.41) is 8.84. The van der Waals surface area contributed by atoms with Gasteiger partial charge in [-0.1, -0.05) is 32.6 Å². The van der Waals surface area contributed by atoms with Crippen molar-refractivity contribution < 1.29 is 5.11 Å². The van der Waals surface area contributed by atoms with E-state index in [9.17, 15) is 0 Å². The fourth-order valence-corrected chi connectivity index (χ4v) is 1.77. The van der Waals surface area contributed by atoms with E-state index in [1.54, 1.807) is 0 Å². The summed E-state index contributed by atoms with van der Waals surface area (Å²) in [5.41, 5.74) is 0. The van der Waals surface area contributed by atoms with Gasteiger partial charge in [-0.15, -0.1) is 0 Å². The van der Waals surface area contributed by atoms with Crippen LogP contribution >= 0.6 is 0 Å². The van der Waals surface area contributed by atoms with E-state index in [0.29, 0.717) is 6.61 Å². The zero-order valence-electron chi connectivity index (χ0n) is 10.1. The molecule has 2 heteroatoms. The molecule has 14 heavy (non-hydrogen) atoms. The average Bonchev–Trinajstić information content (AvgIpc) is 2.15. The number of aliphatic hydroxyl groups excluding tert-OH is 1. The lowest BCUT2D eigenvalue weighted by molar-refractivity contribution is 0.246. The second kappa shape index (κ2) is 9.47. The van der Waals surface area contributed by atoms with Gasteiger partial charge in [0, 0.05) is 6.61 Å². The molecule has 0 aliphatic carbocycles. The normalized spacial score (nSPS) is 13.5. The molecule has 0 saturated carbocycles. The Morgan fingerprint density at radius 2 is 1.79 bits per heavy atom. The summed E-state index contributed by atoms with van der Waals surface area (Å²) in [7, 11) is 4.25. The quantitative estimate of drug-likeness (QED) is 0.579. The second-order valence-electron chi connectivity index (χ2n) is 4.44. The standard InChI is InChI=1S/C12H27NO/c1-4-12(9-11-14)8-6-5-7-10-13(2)3/h12,14H,4-11H2,1-3H3/t12-/m0/s1. The Morgan fingerprint density at radius 3 is 2.29 bits per heavy atom. The summed E-state index contributed by atoms with van der Waals surface area (Å²) < 4.78 is 0. The van der Waals surface area contributed by atoms with Crippen LogP contribution in [0.1, 0.15) is 45.4 Å². The van der Waals surface area contributed by atoms with Crippen LogP contribution in [-0.2, 0) is 0 Å². The maximum atomic E-state index is 8.84. The first-order valence-corrected chi connectivity index (χ1v) is 5.96. The number of unbranched alkanes of at least 4 members (excludes halogenated alkanes) is 2. The highest BCUT2D eigenvalue weighted by Crippen LogP contribution is 2.16. The predicted octanol–water partition coefficient (Wildman–Crippen LogP) is 2.52. The summed E-state index contributed by atoms with van der Waals surface area (Å²) in [6.07, 6.45) is 7.47. The van der Waals surface area contributed by atoms with Crippen molar-refractivity contribution in [3.8, 4) is 0 Å². The highest BCUT2D eigenvalue weighted by molar-refractivity contribution is 4.57. The van der Waals surface area contributed by atoms with Crippen molar-refractivity contribution in [1.82, 2.24) is 4.90 Å². The number of nitrogens with zero attached hydrogens (tertiary/aromatic N) is 1. The highest BCUT2D eigenvalue weighted by atomic mass is 16.3. The molecule has 0 aromatic rings. The van der Waals surface area contributed by atoms with Crippen LogP contribution in [0.2, 0.25) is 0 Å². The van der Waals surface area contributed by atoms with Crippen molar-refractivity contribution in [2.24, 2.45) is 5.92 Å². The van der Waals surface area contributed by atoms with Gasteiger partial charge in [0.2, 0.25) is 0 Å². The fraction of sp³-hybridized carbons (Fsp3) is 1.00. The summed E-state index contributed by atoms with van der Waals surface area (Å²) in [4.78, 5) is 2.24. The predicted molar refractivity (Wildman–Crippen MR) is 62.5 cm³/mol. The van der Waals surface area contributed by atoms with E-state index >= 15 is 0 Å². The molecule has 0 aliphatic heterocycles. The van der Waals surface area contributed by atoms with Crippen LogP contribution in [0.15, 0.2) is 0 Å². The van der Waals surface area contributed by atoms with Gasteiger partial charge in [-0.25, -0.2) is 0 Å². The SMILES string of the molecule is CC[C@H](CCO)CCCCCN(C)C. The van der Waals surface area contributed by atoms with Gasteiger partial charge in [0.1, 0.15) is 0 Å². The number of hydrogen-bond donors (Lipinski definition) is 1. The minimum Gasteiger partial charge on any atom is -0.396 e. The Balaban J connectivity index is 3.24. The molecule has 0 unspecified atom stereocenters. The van der Waals surface area contributed by atoms with Crippen molar-refractivity contribution in [3.05, 3.63) is 0 Å². The van der Waals surface area contributed by atoms with E-state index in [4.69, 9.17) is 5.11 Å². The van der Waals surface area contributed by atoms with Crippen molar-refractivity contribution in [1.29, 1.82) is 0 Å². The molecular weight excluding hydrogens is 174 g/mol. The van der Waals surface area contributed by atoms with E-state index in [1.807, 2.05) is 0 Å². The monoisotopic (exact) mass is 201 g/mol. The third kappa shape index (κ3) is 8.52. The molecule has 0 rings (SSSR count). The van der Waals surface area contributed by atoms with Crippen molar-refractivity contribution in [2.75, 3.05) is 27.2 Å². The van der Waals surface area contributed by atoms with Gasteiger partial charge in [-0.2, -0.15) is 0 Å². The third-order valence-electron chi connectivity index (χ3n) is 2.83. The zero-order chi connectivity index (χ0) is 10.8. The summed E-state index contributed by atoms with van der Waals surface area (Å²) >= 11 is 0. The Morgan fingerprint density at radius 1 is 1.07 bits per heavy atom. The van der Waals surface area contributed by atoms with Gasteiger partial charge >= 0.3 is 0 Å². The van der Waals surface area contributed by atoms with Crippen molar-refractivity contribution >= 4 is 0 Å².